The molecule has 248 valence electrons. The lowest BCUT2D eigenvalue weighted by atomic mass is 9.93. The van der Waals surface area contributed by atoms with Crippen LogP contribution in [0.15, 0.2) is 192 Å². The predicted molar refractivity (Wildman–Crippen MR) is 217 cm³/mol. The van der Waals surface area contributed by atoms with E-state index in [-0.39, 0.29) is 0 Å². The van der Waals surface area contributed by atoms with Gasteiger partial charge in [0.1, 0.15) is 11.2 Å². The highest BCUT2D eigenvalue weighted by molar-refractivity contribution is 6.09. The highest BCUT2D eigenvalue weighted by Gasteiger charge is 2.20. The van der Waals surface area contributed by atoms with Crippen molar-refractivity contribution < 1.29 is 4.42 Å². The molecule has 0 aliphatic carbocycles. The maximum atomic E-state index is 6.50. The van der Waals surface area contributed by atoms with E-state index in [4.69, 9.17) is 19.4 Å². The van der Waals surface area contributed by atoms with Gasteiger partial charge in [0.25, 0.3) is 0 Å². The van der Waals surface area contributed by atoms with Crippen LogP contribution >= 0.6 is 0 Å². The number of fused-ring (bicyclic) bond motifs is 4. The second-order valence-corrected chi connectivity index (χ2v) is 13.2. The van der Waals surface area contributed by atoms with Crippen LogP contribution in [0.4, 0.5) is 0 Å². The molecule has 10 rings (SSSR count). The van der Waals surface area contributed by atoms with E-state index < -0.39 is 0 Å². The van der Waals surface area contributed by atoms with Crippen molar-refractivity contribution in [2.75, 3.05) is 0 Å². The Morgan fingerprint density at radius 1 is 0.283 bits per heavy atom. The number of furan rings is 1. The molecule has 0 aliphatic heterocycles. The van der Waals surface area contributed by atoms with Crippen LogP contribution in [0.25, 0.3) is 100 Å². The van der Waals surface area contributed by atoms with Crippen LogP contribution in [0.5, 0.6) is 0 Å². The third kappa shape index (κ3) is 5.45. The van der Waals surface area contributed by atoms with Gasteiger partial charge >= 0.3 is 0 Å². The Kier molecular flexibility index (Phi) is 7.43. The molecule has 0 radical (unpaired) electrons. The first-order valence-electron chi connectivity index (χ1n) is 17.8. The standard InChI is InChI=1S/C49H31N3O/c1-3-15-32(16-4-1)34-19-13-20-35(31-34)37-29-30-43(39-23-9-8-22-38(37)39)48-50-47(42-25-10-7-21-36(42)33-17-5-2-6-18-33)51-49(52-48)44-27-14-26-41-40-24-11-12-28-45(40)53-46(41)44/h1-31H. The molecule has 2 heterocycles. The first-order valence-corrected chi connectivity index (χ1v) is 17.8. The van der Waals surface area contributed by atoms with E-state index in [1.54, 1.807) is 0 Å². The third-order valence-corrected chi connectivity index (χ3v) is 9.98. The second kappa shape index (κ2) is 12.9. The van der Waals surface area contributed by atoms with Gasteiger partial charge < -0.3 is 4.42 Å². The molecule has 53 heavy (non-hydrogen) atoms. The lowest BCUT2D eigenvalue weighted by Gasteiger charge is -2.15. The Balaban J connectivity index is 1.20. The maximum absolute atomic E-state index is 6.50. The van der Waals surface area contributed by atoms with Gasteiger partial charge in [0.05, 0.1) is 5.56 Å². The molecular formula is C49H31N3O. The Hall–Kier alpha value is -7.17. The molecule has 4 heteroatoms. The summed E-state index contributed by atoms with van der Waals surface area (Å²) in [5.41, 5.74) is 11.1. The SMILES string of the molecule is c1ccc(-c2cccc(-c3ccc(-c4nc(-c5ccccc5-c5ccccc5)nc(-c5cccc6c5oc5ccccc56)n4)c4ccccc34)c2)cc1. The number of hydrogen-bond donors (Lipinski definition) is 0. The largest absolute Gasteiger partial charge is 0.455 e. The van der Waals surface area contributed by atoms with E-state index in [2.05, 4.69) is 152 Å². The zero-order valence-electron chi connectivity index (χ0n) is 28.6. The van der Waals surface area contributed by atoms with Gasteiger partial charge in [-0.05, 0) is 68.4 Å². The molecule has 0 unspecified atom stereocenters. The van der Waals surface area contributed by atoms with Crippen LogP contribution in [-0.4, -0.2) is 15.0 Å². The first kappa shape index (κ1) is 30.6. The molecule has 0 saturated carbocycles. The highest BCUT2D eigenvalue weighted by atomic mass is 16.3. The van der Waals surface area contributed by atoms with Crippen molar-refractivity contribution in [1.82, 2.24) is 15.0 Å². The summed E-state index contributed by atoms with van der Waals surface area (Å²) in [7, 11) is 0. The Bertz CT molecular complexity index is 2950. The van der Waals surface area contributed by atoms with E-state index in [0.29, 0.717) is 17.5 Å². The van der Waals surface area contributed by atoms with Crippen LogP contribution in [0.3, 0.4) is 0 Å². The lowest BCUT2D eigenvalue weighted by Crippen LogP contribution is -2.02. The number of para-hydroxylation sites is 2. The minimum atomic E-state index is 0.557. The topological polar surface area (TPSA) is 51.8 Å². The Morgan fingerprint density at radius 3 is 1.55 bits per heavy atom. The maximum Gasteiger partial charge on any atom is 0.167 e. The monoisotopic (exact) mass is 677 g/mol. The van der Waals surface area contributed by atoms with Gasteiger partial charge in [0.15, 0.2) is 17.5 Å². The van der Waals surface area contributed by atoms with Crippen molar-refractivity contribution in [1.29, 1.82) is 0 Å². The third-order valence-electron chi connectivity index (χ3n) is 9.98. The molecule has 0 fully saturated rings. The van der Waals surface area contributed by atoms with Crippen molar-refractivity contribution in [3.8, 4) is 67.5 Å². The number of rotatable bonds is 6. The van der Waals surface area contributed by atoms with Crippen molar-refractivity contribution >= 4 is 32.7 Å². The number of aromatic nitrogens is 3. The van der Waals surface area contributed by atoms with Crippen LogP contribution in [0.2, 0.25) is 0 Å². The quantitative estimate of drug-likeness (QED) is 0.176. The zero-order chi connectivity index (χ0) is 35.1. The molecule has 0 saturated heterocycles. The minimum Gasteiger partial charge on any atom is -0.455 e. The highest BCUT2D eigenvalue weighted by Crippen LogP contribution is 2.40. The molecular weight excluding hydrogens is 647 g/mol. The summed E-state index contributed by atoms with van der Waals surface area (Å²) < 4.78 is 6.50. The molecule has 0 aliphatic rings. The van der Waals surface area contributed by atoms with E-state index in [9.17, 15) is 0 Å². The smallest absolute Gasteiger partial charge is 0.167 e. The summed E-state index contributed by atoms with van der Waals surface area (Å²) in [5, 5.41) is 4.28. The van der Waals surface area contributed by atoms with Gasteiger partial charge in [-0.25, -0.2) is 15.0 Å². The van der Waals surface area contributed by atoms with E-state index >= 15 is 0 Å². The van der Waals surface area contributed by atoms with Crippen molar-refractivity contribution in [2.45, 2.75) is 0 Å². The summed E-state index contributed by atoms with van der Waals surface area (Å²) in [6.45, 7) is 0. The summed E-state index contributed by atoms with van der Waals surface area (Å²) in [6.07, 6.45) is 0. The molecule has 2 aromatic heterocycles. The molecule has 4 nitrogen and oxygen atoms in total. The van der Waals surface area contributed by atoms with Crippen LogP contribution < -0.4 is 0 Å². The van der Waals surface area contributed by atoms with Crippen LogP contribution in [0.1, 0.15) is 0 Å². The fourth-order valence-electron chi connectivity index (χ4n) is 7.45. The number of benzene rings is 8. The molecule has 10 aromatic rings. The average Bonchev–Trinajstić information content (AvgIpc) is 3.63. The summed E-state index contributed by atoms with van der Waals surface area (Å²) in [4.78, 5) is 15.7. The molecule has 0 spiro atoms. The molecule has 0 N–H and O–H groups in total. The van der Waals surface area contributed by atoms with Gasteiger partial charge in [-0.3, -0.25) is 0 Å². The molecule has 8 aromatic carbocycles. The van der Waals surface area contributed by atoms with Crippen molar-refractivity contribution in [3.05, 3.63) is 188 Å². The number of hydrogen-bond acceptors (Lipinski definition) is 4. The van der Waals surface area contributed by atoms with Crippen molar-refractivity contribution in [2.24, 2.45) is 0 Å². The Morgan fingerprint density at radius 2 is 0.774 bits per heavy atom. The van der Waals surface area contributed by atoms with Crippen molar-refractivity contribution in [3.63, 3.8) is 0 Å². The lowest BCUT2D eigenvalue weighted by molar-refractivity contribution is 0.669. The Labute approximate surface area is 306 Å². The fourth-order valence-corrected chi connectivity index (χ4v) is 7.45. The van der Waals surface area contributed by atoms with Crippen LogP contribution in [0, 0.1) is 0 Å². The van der Waals surface area contributed by atoms with E-state index in [1.807, 2.05) is 36.4 Å². The van der Waals surface area contributed by atoms with Gasteiger partial charge in [0.2, 0.25) is 0 Å². The van der Waals surface area contributed by atoms with Gasteiger partial charge in [-0.2, -0.15) is 0 Å². The molecule has 0 amide bonds. The predicted octanol–water partition coefficient (Wildman–Crippen LogP) is 12.9. The first-order chi connectivity index (χ1) is 26.3. The normalized spacial score (nSPS) is 11.4. The fraction of sp³-hybridized carbons (Fsp3) is 0. The molecule has 0 atom stereocenters. The molecule has 0 bridgehead atoms. The summed E-state index contributed by atoms with van der Waals surface area (Å²) in [6, 6.07) is 65.2. The minimum absolute atomic E-state index is 0.557. The summed E-state index contributed by atoms with van der Waals surface area (Å²) >= 11 is 0. The van der Waals surface area contributed by atoms with Gasteiger partial charge in [0, 0.05) is 21.9 Å². The van der Waals surface area contributed by atoms with E-state index in [1.165, 1.54) is 11.1 Å². The average molecular weight is 678 g/mol. The van der Waals surface area contributed by atoms with E-state index in [0.717, 1.165) is 71.7 Å². The second-order valence-electron chi connectivity index (χ2n) is 13.2. The van der Waals surface area contributed by atoms with Crippen LogP contribution in [-0.2, 0) is 0 Å². The number of nitrogens with zero attached hydrogens (tertiary/aromatic N) is 3. The van der Waals surface area contributed by atoms with Gasteiger partial charge in [-0.15, -0.1) is 0 Å². The zero-order valence-corrected chi connectivity index (χ0v) is 28.6. The summed E-state index contributed by atoms with van der Waals surface area (Å²) in [5.74, 6) is 1.75. The van der Waals surface area contributed by atoms with Gasteiger partial charge in [-0.1, -0.05) is 164 Å².